The summed E-state index contributed by atoms with van der Waals surface area (Å²) in [4.78, 5) is 26.4. The lowest BCUT2D eigenvalue weighted by Gasteiger charge is -2.35. The van der Waals surface area contributed by atoms with Crippen LogP contribution in [0.25, 0.3) is 0 Å². The lowest BCUT2D eigenvalue weighted by molar-refractivity contribution is -0.129. The normalized spacial score (nSPS) is 21.6. The average molecular weight is 225 g/mol. The fraction of sp³-hybridized carbons (Fsp3) is 0.818. The number of likely N-dealkylation sites (tertiary alicyclic amines) is 2. The second-order valence-electron chi connectivity index (χ2n) is 4.57. The third-order valence-electron chi connectivity index (χ3n) is 3.41. The molecule has 0 spiro atoms. The van der Waals surface area contributed by atoms with E-state index in [0.29, 0.717) is 0 Å². The van der Waals surface area contributed by atoms with Crippen molar-refractivity contribution in [3.05, 3.63) is 0 Å². The van der Waals surface area contributed by atoms with Gasteiger partial charge < -0.3 is 15.1 Å². The highest BCUT2D eigenvalue weighted by molar-refractivity contribution is 5.75. The maximum absolute atomic E-state index is 11.6. The molecule has 0 atom stereocenters. The first kappa shape index (κ1) is 11.2. The number of rotatable bonds is 1. The molecule has 2 aliphatic rings. The minimum atomic E-state index is 0.0625. The molecule has 2 saturated heterocycles. The van der Waals surface area contributed by atoms with Gasteiger partial charge in [-0.25, -0.2) is 4.79 Å². The topological polar surface area (TPSA) is 52.7 Å². The Hall–Kier alpha value is -1.26. The number of carbonyl (C=O) groups is 2. The highest BCUT2D eigenvalue weighted by atomic mass is 16.2. The maximum Gasteiger partial charge on any atom is 0.317 e. The van der Waals surface area contributed by atoms with Crippen molar-refractivity contribution in [2.75, 3.05) is 26.2 Å². The van der Waals surface area contributed by atoms with Crippen LogP contribution >= 0.6 is 0 Å². The van der Waals surface area contributed by atoms with E-state index < -0.39 is 0 Å². The summed E-state index contributed by atoms with van der Waals surface area (Å²) in [5.41, 5.74) is 0. The van der Waals surface area contributed by atoms with Crippen LogP contribution in [0.2, 0.25) is 0 Å². The first-order chi connectivity index (χ1) is 7.66. The Labute approximate surface area is 95.8 Å². The monoisotopic (exact) mass is 225 g/mol. The molecule has 5 nitrogen and oxygen atoms in total. The molecule has 3 amide bonds. The first-order valence-corrected chi connectivity index (χ1v) is 5.98. The number of urea groups is 1. The Morgan fingerprint density at radius 3 is 2.12 bits per heavy atom. The molecule has 2 heterocycles. The van der Waals surface area contributed by atoms with E-state index in [4.69, 9.17) is 0 Å². The molecule has 2 fully saturated rings. The molecule has 2 aliphatic heterocycles. The van der Waals surface area contributed by atoms with Gasteiger partial charge in [-0.1, -0.05) is 0 Å². The molecule has 1 N–H and O–H groups in total. The van der Waals surface area contributed by atoms with Crippen LogP contribution < -0.4 is 5.32 Å². The van der Waals surface area contributed by atoms with E-state index in [1.807, 2.05) is 9.80 Å². The van der Waals surface area contributed by atoms with Gasteiger partial charge in [-0.2, -0.15) is 0 Å². The summed E-state index contributed by atoms with van der Waals surface area (Å²) in [6, 6.07) is 0.302. The lowest BCUT2D eigenvalue weighted by atomic mass is 10.1. The Morgan fingerprint density at radius 1 is 1.06 bits per heavy atom. The number of nitrogens with zero attached hydrogens (tertiary/aromatic N) is 2. The largest absolute Gasteiger partial charge is 0.343 e. The molecular formula is C11H19N3O2. The van der Waals surface area contributed by atoms with Crippen molar-refractivity contribution in [1.29, 1.82) is 0 Å². The van der Waals surface area contributed by atoms with Gasteiger partial charge >= 0.3 is 6.03 Å². The maximum atomic E-state index is 11.6. The van der Waals surface area contributed by atoms with Gasteiger partial charge in [0, 0.05) is 39.1 Å². The van der Waals surface area contributed by atoms with Crippen LogP contribution in [0.15, 0.2) is 0 Å². The van der Waals surface area contributed by atoms with Crippen LogP contribution in [0.3, 0.4) is 0 Å². The second-order valence-corrected chi connectivity index (χ2v) is 4.57. The second kappa shape index (κ2) is 4.72. The molecule has 0 bridgehead atoms. The van der Waals surface area contributed by atoms with E-state index in [-0.39, 0.29) is 18.0 Å². The molecular weight excluding hydrogens is 206 g/mol. The number of amides is 3. The molecule has 5 heteroatoms. The molecule has 0 aromatic heterocycles. The number of carbonyl (C=O) groups excluding carboxylic acids is 2. The standard InChI is InChI=1S/C11H19N3O2/c1-9(15)13-7-3-10(4-8-13)12-11(16)14-5-2-6-14/h10H,2-8H2,1H3,(H,12,16). The lowest BCUT2D eigenvalue weighted by Crippen LogP contribution is -2.53. The van der Waals surface area contributed by atoms with Crippen molar-refractivity contribution in [3.63, 3.8) is 0 Å². The zero-order valence-electron chi connectivity index (χ0n) is 9.74. The zero-order chi connectivity index (χ0) is 11.5. The average Bonchev–Trinajstić information content (AvgIpc) is 2.15. The molecule has 0 saturated carbocycles. The van der Waals surface area contributed by atoms with Crippen molar-refractivity contribution in [3.8, 4) is 0 Å². The van der Waals surface area contributed by atoms with Crippen molar-refractivity contribution in [2.24, 2.45) is 0 Å². The van der Waals surface area contributed by atoms with E-state index >= 15 is 0 Å². The summed E-state index contributed by atoms with van der Waals surface area (Å²) in [7, 11) is 0. The summed E-state index contributed by atoms with van der Waals surface area (Å²) in [6.45, 7) is 4.90. The smallest absolute Gasteiger partial charge is 0.317 e. The number of hydrogen-bond acceptors (Lipinski definition) is 2. The minimum absolute atomic E-state index is 0.0625. The fourth-order valence-electron chi connectivity index (χ4n) is 2.12. The molecule has 0 radical (unpaired) electrons. The quantitative estimate of drug-likeness (QED) is 0.703. The van der Waals surface area contributed by atoms with Crippen molar-refractivity contribution in [2.45, 2.75) is 32.2 Å². The van der Waals surface area contributed by atoms with Crippen LogP contribution in [0.1, 0.15) is 26.2 Å². The fourth-order valence-corrected chi connectivity index (χ4v) is 2.12. The highest BCUT2D eigenvalue weighted by Gasteiger charge is 2.25. The molecule has 0 aromatic rings. The number of hydrogen-bond donors (Lipinski definition) is 1. The van der Waals surface area contributed by atoms with Gasteiger partial charge in [0.2, 0.25) is 5.91 Å². The SMILES string of the molecule is CC(=O)N1CCC(NC(=O)N2CCC2)CC1. The van der Waals surface area contributed by atoms with E-state index in [0.717, 1.165) is 45.4 Å². The summed E-state index contributed by atoms with van der Waals surface area (Å²) in [6.07, 6.45) is 2.87. The molecule has 2 rings (SSSR count). The molecule has 90 valence electrons. The van der Waals surface area contributed by atoms with Crippen LogP contribution in [-0.2, 0) is 4.79 Å². The predicted molar refractivity (Wildman–Crippen MR) is 60.0 cm³/mol. The molecule has 0 aliphatic carbocycles. The summed E-state index contributed by atoms with van der Waals surface area (Å²) in [5.74, 6) is 0.132. The summed E-state index contributed by atoms with van der Waals surface area (Å²) >= 11 is 0. The Kier molecular flexibility index (Phi) is 3.31. The summed E-state index contributed by atoms with van der Waals surface area (Å²) < 4.78 is 0. The number of nitrogens with one attached hydrogen (secondary N) is 1. The van der Waals surface area contributed by atoms with Crippen LogP contribution in [0.4, 0.5) is 4.79 Å². The van der Waals surface area contributed by atoms with Gasteiger partial charge in [-0.05, 0) is 19.3 Å². The summed E-state index contributed by atoms with van der Waals surface area (Å²) in [5, 5.41) is 3.03. The van der Waals surface area contributed by atoms with Gasteiger partial charge in [0.1, 0.15) is 0 Å². The van der Waals surface area contributed by atoms with Gasteiger partial charge in [-0.15, -0.1) is 0 Å². The third-order valence-corrected chi connectivity index (χ3v) is 3.41. The van der Waals surface area contributed by atoms with Crippen LogP contribution in [-0.4, -0.2) is 54.0 Å². The molecule has 0 aromatic carbocycles. The van der Waals surface area contributed by atoms with Crippen molar-refractivity contribution < 1.29 is 9.59 Å². The van der Waals surface area contributed by atoms with Gasteiger partial charge in [-0.3, -0.25) is 4.79 Å². The Morgan fingerprint density at radius 2 is 1.69 bits per heavy atom. The predicted octanol–water partition coefficient (Wildman–Crippen LogP) is 0.413. The highest BCUT2D eigenvalue weighted by Crippen LogP contribution is 2.12. The third kappa shape index (κ3) is 2.46. The number of piperidine rings is 1. The van der Waals surface area contributed by atoms with Gasteiger partial charge in [0.15, 0.2) is 0 Å². The van der Waals surface area contributed by atoms with Gasteiger partial charge in [0.25, 0.3) is 0 Å². The first-order valence-electron chi connectivity index (χ1n) is 5.98. The Bertz CT molecular complexity index is 281. The molecule has 16 heavy (non-hydrogen) atoms. The van der Waals surface area contributed by atoms with Crippen LogP contribution in [0, 0.1) is 0 Å². The van der Waals surface area contributed by atoms with Gasteiger partial charge in [0.05, 0.1) is 0 Å². The zero-order valence-corrected chi connectivity index (χ0v) is 9.74. The van der Waals surface area contributed by atoms with E-state index in [9.17, 15) is 9.59 Å². The van der Waals surface area contributed by atoms with E-state index in [2.05, 4.69) is 5.32 Å². The Balaban J connectivity index is 1.72. The van der Waals surface area contributed by atoms with E-state index in [1.54, 1.807) is 6.92 Å². The minimum Gasteiger partial charge on any atom is -0.343 e. The van der Waals surface area contributed by atoms with Crippen LogP contribution in [0.5, 0.6) is 0 Å². The van der Waals surface area contributed by atoms with E-state index in [1.165, 1.54) is 0 Å². The molecule has 0 unspecified atom stereocenters. The van der Waals surface area contributed by atoms with Crippen molar-refractivity contribution in [1.82, 2.24) is 15.1 Å². The van der Waals surface area contributed by atoms with Crippen molar-refractivity contribution >= 4 is 11.9 Å².